The third-order valence-electron chi connectivity index (χ3n) is 5.44. The monoisotopic (exact) mass is 466 g/mol. The summed E-state index contributed by atoms with van der Waals surface area (Å²) in [4.78, 5) is 35.9. The third-order valence-corrected chi connectivity index (χ3v) is 7.51. The van der Waals surface area contributed by atoms with Gasteiger partial charge >= 0.3 is 0 Å². The van der Waals surface area contributed by atoms with Crippen molar-refractivity contribution in [3.05, 3.63) is 64.1 Å². The molecule has 0 radical (unpaired) electrons. The molecule has 4 aromatic rings. The van der Waals surface area contributed by atoms with E-state index in [1.807, 2.05) is 38.1 Å². The zero-order chi connectivity index (χ0) is 22.7. The van der Waals surface area contributed by atoms with Crippen LogP contribution >= 0.6 is 23.1 Å². The molecule has 1 unspecified atom stereocenters. The average Bonchev–Trinajstić information content (AvgIpc) is 3.19. The first-order chi connectivity index (χ1) is 15.5. The van der Waals surface area contributed by atoms with Crippen LogP contribution in [0.5, 0.6) is 0 Å². The Morgan fingerprint density at radius 3 is 2.66 bits per heavy atom. The highest BCUT2D eigenvalue weighted by molar-refractivity contribution is 7.99. The predicted molar refractivity (Wildman–Crippen MR) is 133 cm³/mol. The largest absolute Gasteiger partial charge is 0.353 e. The molecular formula is C24H26N4O2S2. The van der Waals surface area contributed by atoms with E-state index in [4.69, 9.17) is 4.98 Å². The van der Waals surface area contributed by atoms with Gasteiger partial charge in [0.25, 0.3) is 5.56 Å². The van der Waals surface area contributed by atoms with E-state index in [0.717, 1.165) is 28.6 Å². The Morgan fingerprint density at radius 1 is 1.19 bits per heavy atom. The lowest BCUT2D eigenvalue weighted by atomic mass is 10.1. The van der Waals surface area contributed by atoms with E-state index in [0.29, 0.717) is 21.9 Å². The summed E-state index contributed by atoms with van der Waals surface area (Å²) in [6, 6.07) is 12.2. The summed E-state index contributed by atoms with van der Waals surface area (Å²) in [6.45, 7) is 6.53. The normalized spacial score (nSPS) is 12.3. The first-order valence-corrected chi connectivity index (χ1v) is 12.6. The summed E-state index contributed by atoms with van der Waals surface area (Å²) >= 11 is 2.67. The number of nitrogens with zero attached hydrogens (tertiary/aromatic N) is 3. The smallest absolute Gasteiger partial charge is 0.272 e. The van der Waals surface area contributed by atoms with Crippen LogP contribution in [-0.2, 0) is 17.8 Å². The van der Waals surface area contributed by atoms with Gasteiger partial charge in [0.2, 0.25) is 5.91 Å². The van der Waals surface area contributed by atoms with Crippen LogP contribution in [0.1, 0.15) is 38.3 Å². The van der Waals surface area contributed by atoms with Crippen molar-refractivity contribution < 1.29 is 4.79 Å². The highest BCUT2D eigenvalue weighted by Gasteiger charge is 2.18. The molecule has 0 aliphatic rings. The molecule has 0 saturated heterocycles. The molecule has 0 aliphatic heterocycles. The maximum Gasteiger partial charge on any atom is 0.272 e. The van der Waals surface area contributed by atoms with Gasteiger partial charge in [-0.05, 0) is 43.0 Å². The fourth-order valence-electron chi connectivity index (χ4n) is 3.40. The first kappa shape index (κ1) is 22.5. The van der Waals surface area contributed by atoms with Crippen molar-refractivity contribution in [2.75, 3.05) is 5.75 Å². The Kier molecular flexibility index (Phi) is 6.91. The lowest BCUT2D eigenvalue weighted by Gasteiger charge is -2.14. The number of thioether (sulfide) groups is 1. The number of fused-ring (bicyclic) bond motifs is 3. The third kappa shape index (κ3) is 4.71. The molecule has 8 heteroatoms. The van der Waals surface area contributed by atoms with Gasteiger partial charge in [0, 0.05) is 17.6 Å². The van der Waals surface area contributed by atoms with Crippen molar-refractivity contribution in [1.82, 2.24) is 19.9 Å². The maximum atomic E-state index is 13.5. The van der Waals surface area contributed by atoms with Crippen molar-refractivity contribution >= 4 is 49.4 Å². The Bertz CT molecular complexity index is 1310. The molecular weight excluding hydrogens is 440 g/mol. The summed E-state index contributed by atoms with van der Waals surface area (Å²) in [5.41, 5.74) is 2.84. The van der Waals surface area contributed by atoms with E-state index in [-0.39, 0.29) is 23.3 Å². The van der Waals surface area contributed by atoms with Crippen LogP contribution in [0.3, 0.4) is 0 Å². The molecule has 0 spiro atoms. The zero-order valence-electron chi connectivity index (χ0n) is 18.4. The summed E-state index contributed by atoms with van der Waals surface area (Å²) in [6.07, 6.45) is 3.56. The summed E-state index contributed by atoms with van der Waals surface area (Å²) in [5.74, 6) is 0.145. The standard InChI is InChI=1S/C24H26N4O2S2/c1-4-15(3)26-19(29)14-31-24-27-20-18-7-6-12-25-22(18)32-21(20)23(30)28(24)13-17-10-8-16(5-2)9-11-17/h6-12,15H,4-5,13-14H2,1-3H3,(H,26,29). The molecule has 32 heavy (non-hydrogen) atoms. The number of hydrogen-bond donors (Lipinski definition) is 1. The van der Waals surface area contributed by atoms with Crippen LogP contribution in [-0.4, -0.2) is 32.2 Å². The number of pyridine rings is 1. The first-order valence-electron chi connectivity index (χ1n) is 10.8. The number of aryl methyl sites for hydroxylation is 1. The molecule has 1 atom stereocenters. The molecule has 166 valence electrons. The van der Waals surface area contributed by atoms with Crippen LogP contribution in [0.15, 0.2) is 52.5 Å². The molecule has 0 saturated carbocycles. The van der Waals surface area contributed by atoms with Gasteiger partial charge in [-0.1, -0.05) is 49.9 Å². The van der Waals surface area contributed by atoms with Crippen LogP contribution in [0.4, 0.5) is 0 Å². The van der Waals surface area contributed by atoms with Crippen molar-refractivity contribution in [2.45, 2.75) is 51.4 Å². The summed E-state index contributed by atoms with van der Waals surface area (Å²) in [5, 5.41) is 4.39. The van der Waals surface area contributed by atoms with Gasteiger partial charge < -0.3 is 5.32 Å². The molecule has 1 aromatic carbocycles. The van der Waals surface area contributed by atoms with Gasteiger partial charge in [-0.3, -0.25) is 14.2 Å². The molecule has 3 aromatic heterocycles. The topological polar surface area (TPSA) is 76.9 Å². The minimum absolute atomic E-state index is 0.0608. The van der Waals surface area contributed by atoms with Crippen molar-refractivity contribution in [1.29, 1.82) is 0 Å². The van der Waals surface area contributed by atoms with E-state index in [1.54, 1.807) is 10.8 Å². The van der Waals surface area contributed by atoms with Crippen LogP contribution in [0.2, 0.25) is 0 Å². The minimum atomic E-state index is -0.0950. The van der Waals surface area contributed by atoms with E-state index in [1.165, 1.54) is 28.7 Å². The maximum absolute atomic E-state index is 13.5. The van der Waals surface area contributed by atoms with Gasteiger partial charge in [0.1, 0.15) is 9.53 Å². The Hall–Kier alpha value is -2.71. The van der Waals surface area contributed by atoms with Gasteiger partial charge in [-0.25, -0.2) is 9.97 Å². The van der Waals surface area contributed by atoms with Crippen LogP contribution < -0.4 is 10.9 Å². The SMILES string of the molecule is CCc1ccc(Cn2c(SCC(=O)NC(C)CC)nc3c(sc4ncccc43)c2=O)cc1. The number of carbonyl (C=O) groups excluding carboxylic acids is 1. The number of benzene rings is 1. The molecule has 6 nitrogen and oxygen atoms in total. The Labute approximate surface area is 195 Å². The lowest BCUT2D eigenvalue weighted by molar-refractivity contribution is -0.119. The fraction of sp³-hybridized carbons (Fsp3) is 0.333. The second-order valence-electron chi connectivity index (χ2n) is 7.76. The molecule has 4 rings (SSSR count). The molecule has 1 amide bonds. The Morgan fingerprint density at radius 2 is 1.94 bits per heavy atom. The van der Waals surface area contributed by atoms with E-state index >= 15 is 0 Å². The van der Waals surface area contributed by atoms with Crippen molar-refractivity contribution in [2.24, 2.45) is 0 Å². The number of aromatic nitrogens is 3. The highest BCUT2D eigenvalue weighted by atomic mass is 32.2. The average molecular weight is 467 g/mol. The molecule has 3 heterocycles. The number of thiophene rings is 1. The van der Waals surface area contributed by atoms with Crippen molar-refractivity contribution in [3.8, 4) is 0 Å². The molecule has 0 aliphatic carbocycles. The second-order valence-corrected chi connectivity index (χ2v) is 9.70. The zero-order valence-corrected chi connectivity index (χ0v) is 20.1. The second kappa shape index (κ2) is 9.83. The van der Waals surface area contributed by atoms with E-state index in [9.17, 15) is 9.59 Å². The number of carbonyl (C=O) groups is 1. The Balaban J connectivity index is 1.75. The quantitative estimate of drug-likeness (QED) is 0.303. The number of nitrogens with one attached hydrogen (secondary N) is 1. The minimum Gasteiger partial charge on any atom is -0.353 e. The fourth-order valence-corrected chi connectivity index (χ4v) is 5.24. The molecule has 1 N–H and O–H groups in total. The van der Waals surface area contributed by atoms with Gasteiger partial charge in [-0.2, -0.15) is 0 Å². The number of hydrogen-bond acceptors (Lipinski definition) is 6. The van der Waals surface area contributed by atoms with Crippen molar-refractivity contribution in [3.63, 3.8) is 0 Å². The van der Waals surface area contributed by atoms with Gasteiger partial charge in [0.15, 0.2) is 5.16 Å². The highest BCUT2D eigenvalue weighted by Crippen LogP contribution is 2.30. The van der Waals surface area contributed by atoms with Gasteiger partial charge in [0.05, 0.1) is 17.8 Å². The summed E-state index contributed by atoms with van der Waals surface area (Å²) in [7, 11) is 0. The van der Waals surface area contributed by atoms with Crippen LogP contribution in [0, 0.1) is 0 Å². The molecule has 0 bridgehead atoms. The van der Waals surface area contributed by atoms with Crippen LogP contribution in [0.25, 0.3) is 20.4 Å². The van der Waals surface area contributed by atoms with E-state index in [2.05, 4.69) is 29.4 Å². The van der Waals surface area contributed by atoms with E-state index < -0.39 is 0 Å². The number of amides is 1. The van der Waals surface area contributed by atoms with Gasteiger partial charge in [-0.15, -0.1) is 11.3 Å². The summed E-state index contributed by atoms with van der Waals surface area (Å²) < 4.78 is 2.28. The molecule has 0 fully saturated rings. The lowest BCUT2D eigenvalue weighted by Crippen LogP contribution is -2.33. The predicted octanol–water partition coefficient (Wildman–Crippen LogP) is 4.62. The number of rotatable bonds is 8.